The molecule has 0 saturated carbocycles. The van der Waals surface area contributed by atoms with Crippen molar-refractivity contribution in [1.29, 1.82) is 0 Å². The molecule has 1 fully saturated rings. The Balaban J connectivity index is 1.77. The van der Waals surface area contributed by atoms with E-state index >= 15 is 0 Å². The Morgan fingerprint density at radius 1 is 1.45 bits per heavy atom. The van der Waals surface area contributed by atoms with E-state index in [0.29, 0.717) is 6.54 Å². The van der Waals surface area contributed by atoms with Crippen LogP contribution >= 0.6 is 0 Å². The van der Waals surface area contributed by atoms with Crippen molar-refractivity contribution >= 4 is 17.8 Å². The van der Waals surface area contributed by atoms with Gasteiger partial charge in [0.2, 0.25) is 5.91 Å². The maximum absolute atomic E-state index is 11.9. The second-order valence-corrected chi connectivity index (χ2v) is 5.35. The van der Waals surface area contributed by atoms with Crippen LogP contribution in [0.2, 0.25) is 0 Å². The third-order valence-electron chi connectivity index (χ3n) is 3.51. The minimum absolute atomic E-state index is 0.0616. The lowest BCUT2D eigenvalue weighted by Crippen LogP contribution is -2.36. The van der Waals surface area contributed by atoms with E-state index in [1.165, 1.54) is 0 Å². The molecule has 1 aromatic heterocycles. The van der Waals surface area contributed by atoms with Crippen molar-refractivity contribution in [2.45, 2.75) is 24.9 Å². The zero-order valence-corrected chi connectivity index (χ0v) is 12.6. The van der Waals surface area contributed by atoms with Crippen LogP contribution in [0.4, 0.5) is 4.79 Å². The number of nitrogens with one attached hydrogen (secondary N) is 3. The number of imide groups is 1. The predicted molar refractivity (Wildman–Crippen MR) is 77.8 cm³/mol. The van der Waals surface area contributed by atoms with Gasteiger partial charge in [-0.15, -0.1) is 0 Å². The highest BCUT2D eigenvalue weighted by Gasteiger charge is 2.29. The van der Waals surface area contributed by atoms with E-state index in [2.05, 4.69) is 16.0 Å². The van der Waals surface area contributed by atoms with Crippen molar-refractivity contribution in [2.75, 3.05) is 20.6 Å². The van der Waals surface area contributed by atoms with Crippen LogP contribution in [0.15, 0.2) is 22.8 Å². The van der Waals surface area contributed by atoms with Gasteiger partial charge in [0, 0.05) is 13.0 Å². The van der Waals surface area contributed by atoms with Crippen molar-refractivity contribution in [2.24, 2.45) is 0 Å². The summed E-state index contributed by atoms with van der Waals surface area (Å²) in [4.78, 5) is 36.2. The number of amides is 4. The summed E-state index contributed by atoms with van der Waals surface area (Å²) in [6.07, 6.45) is 2.03. The van der Waals surface area contributed by atoms with Crippen LogP contribution in [0.1, 0.15) is 24.6 Å². The maximum atomic E-state index is 11.9. The van der Waals surface area contributed by atoms with Gasteiger partial charge in [-0.3, -0.25) is 19.8 Å². The number of hydrogen-bond acceptors (Lipinski definition) is 5. The normalized spacial score (nSPS) is 19.0. The maximum Gasteiger partial charge on any atom is 0.322 e. The summed E-state index contributed by atoms with van der Waals surface area (Å²) in [5.41, 5.74) is 0. The fourth-order valence-corrected chi connectivity index (χ4v) is 2.26. The summed E-state index contributed by atoms with van der Waals surface area (Å²) in [7, 11) is 3.80. The summed E-state index contributed by atoms with van der Waals surface area (Å²) in [5.74, 6) is 0.208. The second-order valence-electron chi connectivity index (χ2n) is 5.35. The first kappa shape index (κ1) is 16.0. The lowest BCUT2D eigenvalue weighted by atomic mass is 10.1. The quantitative estimate of drug-likeness (QED) is 0.615. The van der Waals surface area contributed by atoms with Gasteiger partial charge in [0.1, 0.15) is 11.8 Å². The SMILES string of the molecule is CN(C)[C@H](CNC(=O)CC[C@@H]1NC(=O)NC1=O)c1ccco1. The highest BCUT2D eigenvalue weighted by molar-refractivity contribution is 6.04. The lowest BCUT2D eigenvalue weighted by molar-refractivity contribution is -0.122. The molecule has 0 bridgehead atoms. The molecule has 1 aromatic rings. The standard InChI is InChI=1S/C14H20N4O4/c1-18(2)10(11-4-3-7-22-11)8-15-12(19)6-5-9-13(20)17-14(21)16-9/h3-4,7,9-10H,5-6,8H2,1-2H3,(H,15,19)(H2,16,17,20,21)/t9-,10+/m0/s1. The van der Waals surface area contributed by atoms with E-state index in [1.807, 2.05) is 25.1 Å². The van der Waals surface area contributed by atoms with Crippen LogP contribution in [0.5, 0.6) is 0 Å². The van der Waals surface area contributed by atoms with E-state index in [0.717, 1.165) is 5.76 Å². The number of nitrogens with zero attached hydrogens (tertiary/aromatic N) is 1. The van der Waals surface area contributed by atoms with Gasteiger partial charge in [-0.2, -0.15) is 0 Å². The van der Waals surface area contributed by atoms with Crippen LogP contribution < -0.4 is 16.0 Å². The van der Waals surface area contributed by atoms with Gasteiger partial charge < -0.3 is 15.1 Å². The molecular weight excluding hydrogens is 288 g/mol. The molecule has 4 amide bonds. The number of carbonyl (C=O) groups is 3. The number of likely N-dealkylation sites (N-methyl/N-ethyl adjacent to an activating group) is 1. The van der Waals surface area contributed by atoms with E-state index in [1.54, 1.807) is 12.3 Å². The van der Waals surface area contributed by atoms with Gasteiger partial charge in [-0.25, -0.2) is 4.79 Å². The largest absolute Gasteiger partial charge is 0.468 e. The van der Waals surface area contributed by atoms with Crippen LogP contribution in [0.3, 0.4) is 0 Å². The average molecular weight is 308 g/mol. The molecule has 8 nitrogen and oxygen atoms in total. The minimum Gasteiger partial charge on any atom is -0.468 e. The minimum atomic E-state index is -0.632. The Kier molecular flexibility index (Phi) is 5.16. The van der Waals surface area contributed by atoms with Crippen molar-refractivity contribution < 1.29 is 18.8 Å². The molecule has 0 aliphatic carbocycles. The van der Waals surface area contributed by atoms with Gasteiger partial charge in [0.15, 0.2) is 0 Å². The van der Waals surface area contributed by atoms with Crippen LogP contribution in [-0.2, 0) is 9.59 Å². The molecule has 2 atom stereocenters. The molecule has 2 heterocycles. The third-order valence-corrected chi connectivity index (χ3v) is 3.51. The molecule has 1 aliphatic rings. The molecule has 0 unspecified atom stereocenters. The monoisotopic (exact) mass is 308 g/mol. The zero-order chi connectivity index (χ0) is 16.1. The van der Waals surface area contributed by atoms with Crippen LogP contribution in [0.25, 0.3) is 0 Å². The number of rotatable bonds is 7. The molecule has 1 aliphatic heterocycles. The third kappa shape index (κ3) is 4.08. The first-order valence-corrected chi connectivity index (χ1v) is 7.05. The summed E-state index contributed by atoms with van der Waals surface area (Å²) >= 11 is 0. The van der Waals surface area contributed by atoms with Gasteiger partial charge in [0.05, 0.1) is 12.3 Å². The Hall–Kier alpha value is -2.35. The Morgan fingerprint density at radius 2 is 2.23 bits per heavy atom. The van der Waals surface area contributed by atoms with E-state index in [4.69, 9.17) is 4.42 Å². The molecule has 0 radical (unpaired) electrons. The average Bonchev–Trinajstić information content (AvgIpc) is 3.06. The Labute approximate surface area is 128 Å². The van der Waals surface area contributed by atoms with Crippen molar-refractivity contribution in [3.8, 4) is 0 Å². The molecule has 120 valence electrons. The van der Waals surface area contributed by atoms with Crippen molar-refractivity contribution in [3.63, 3.8) is 0 Å². The van der Waals surface area contributed by atoms with E-state index in [-0.39, 0.29) is 30.7 Å². The number of carbonyl (C=O) groups excluding carboxylic acids is 3. The zero-order valence-electron chi connectivity index (χ0n) is 12.6. The highest BCUT2D eigenvalue weighted by atomic mass is 16.3. The lowest BCUT2D eigenvalue weighted by Gasteiger charge is -2.22. The topological polar surface area (TPSA) is 104 Å². The molecule has 0 spiro atoms. The molecular formula is C14H20N4O4. The van der Waals surface area contributed by atoms with Crippen molar-refractivity contribution in [1.82, 2.24) is 20.9 Å². The Morgan fingerprint density at radius 3 is 2.77 bits per heavy atom. The molecule has 3 N–H and O–H groups in total. The fraction of sp³-hybridized carbons (Fsp3) is 0.500. The van der Waals surface area contributed by atoms with Crippen LogP contribution in [-0.4, -0.2) is 49.4 Å². The van der Waals surface area contributed by atoms with Gasteiger partial charge in [-0.1, -0.05) is 0 Å². The van der Waals surface area contributed by atoms with E-state index in [9.17, 15) is 14.4 Å². The van der Waals surface area contributed by atoms with Gasteiger partial charge >= 0.3 is 6.03 Å². The summed E-state index contributed by atoms with van der Waals surface area (Å²) in [6.45, 7) is 0.405. The summed E-state index contributed by atoms with van der Waals surface area (Å²) in [6, 6.07) is 2.45. The fourth-order valence-electron chi connectivity index (χ4n) is 2.26. The van der Waals surface area contributed by atoms with Crippen molar-refractivity contribution in [3.05, 3.63) is 24.2 Å². The van der Waals surface area contributed by atoms with Crippen LogP contribution in [0, 0.1) is 0 Å². The molecule has 0 aromatic carbocycles. The van der Waals surface area contributed by atoms with Gasteiger partial charge in [-0.05, 0) is 32.6 Å². The predicted octanol–water partition coefficient (Wildman–Crippen LogP) is -0.0133. The van der Waals surface area contributed by atoms with E-state index < -0.39 is 12.1 Å². The summed E-state index contributed by atoms with van der Waals surface area (Å²) < 4.78 is 5.36. The number of hydrogen-bond donors (Lipinski definition) is 3. The Bertz CT molecular complexity index is 541. The second kappa shape index (κ2) is 7.08. The number of urea groups is 1. The molecule has 2 rings (SSSR count). The summed E-state index contributed by atoms with van der Waals surface area (Å²) in [5, 5.41) is 7.41. The highest BCUT2D eigenvalue weighted by Crippen LogP contribution is 2.17. The first-order valence-electron chi connectivity index (χ1n) is 7.05. The van der Waals surface area contributed by atoms with Gasteiger partial charge in [0.25, 0.3) is 5.91 Å². The molecule has 1 saturated heterocycles. The molecule has 8 heteroatoms. The molecule has 22 heavy (non-hydrogen) atoms. The number of furan rings is 1. The smallest absolute Gasteiger partial charge is 0.322 e. The first-order chi connectivity index (χ1) is 10.5.